The number of carbonyl (C=O) groups excluding carboxylic acids is 2. The first kappa shape index (κ1) is 16.6. The van der Waals surface area contributed by atoms with Crippen LogP contribution in [-0.2, 0) is 4.79 Å². The molecule has 0 bridgehead atoms. The lowest BCUT2D eigenvalue weighted by Crippen LogP contribution is -2.48. The maximum atomic E-state index is 13.1. The molecule has 3 aliphatic rings. The molecule has 1 saturated carbocycles. The summed E-state index contributed by atoms with van der Waals surface area (Å²) < 4.78 is 10.7. The Hall–Kier alpha value is -1.89. The number of amides is 2. The molecule has 25 heavy (non-hydrogen) atoms. The maximum Gasteiger partial charge on any atom is 0.260 e. The second-order valence-electron chi connectivity index (χ2n) is 6.67. The summed E-state index contributed by atoms with van der Waals surface area (Å²) in [6.45, 7) is 0. The van der Waals surface area contributed by atoms with Gasteiger partial charge in [-0.05, 0) is 18.9 Å². The molecule has 2 heterocycles. The second kappa shape index (κ2) is 6.44. The lowest BCUT2D eigenvalue weighted by atomic mass is 10.1. The number of nitrogens with zero attached hydrogens (tertiary/aromatic N) is 1. The van der Waals surface area contributed by atoms with Crippen LogP contribution in [-0.4, -0.2) is 48.8 Å². The third-order valence-corrected chi connectivity index (χ3v) is 6.60. The quantitative estimate of drug-likeness (QED) is 0.890. The second-order valence-corrected chi connectivity index (χ2v) is 7.78. The fourth-order valence-corrected chi connectivity index (χ4v) is 5.52. The zero-order valence-corrected chi connectivity index (χ0v) is 15.2. The van der Waals surface area contributed by atoms with Crippen molar-refractivity contribution in [3.63, 3.8) is 0 Å². The van der Waals surface area contributed by atoms with Crippen molar-refractivity contribution in [2.45, 2.75) is 43.1 Å². The average Bonchev–Trinajstić information content (AvgIpc) is 3.33. The van der Waals surface area contributed by atoms with Gasteiger partial charge in [-0.2, -0.15) is 0 Å². The van der Waals surface area contributed by atoms with E-state index in [2.05, 4.69) is 5.32 Å². The largest absolute Gasteiger partial charge is 0.493 e. The van der Waals surface area contributed by atoms with Gasteiger partial charge < -0.3 is 19.7 Å². The first-order valence-electron chi connectivity index (χ1n) is 8.65. The summed E-state index contributed by atoms with van der Waals surface area (Å²) in [6.07, 6.45) is 4.40. The number of thioether (sulfide) groups is 1. The van der Waals surface area contributed by atoms with Crippen molar-refractivity contribution in [1.82, 2.24) is 10.2 Å². The molecule has 7 heteroatoms. The Balaban J connectivity index is 1.62. The Bertz CT molecular complexity index is 717. The van der Waals surface area contributed by atoms with Gasteiger partial charge in [-0.15, -0.1) is 11.8 Å². The van der Waals surface area contributed by atoms with Gasteiger partial charge in [0.2, 0.25) is 5.91 Å². The maximum absolute atomic E-state index is 13.1. The van der Waals surface area contributed by atoms with Crippen molar-refractivity contribution < 1.29 is 19.1 Å². The van der Waals surface area contributed by atoms with Gasteiger partial charge in [-0.3, -0.25) is 9.59 Å². The molecule has 0 spiro atoms. The van der Waals surface area contributed by atoms with Gasteiger partial charge in [0.1, 0.15) is 11.4 Å². The third kappa shape index (κ3) is 2.56. The van der Waals surface area contributed by atoms with Gasteiger partial charge in [0.25, 0.3) is 5.91 Å². The van der Waals surface area contributed by atoms with Crippen LogP contribution >= 0.6 is 11.8 Å². The van der Waals surface area contributed by atoms with Crippen LogP contribution in [0.1, 0.15) is 47.0 Å². The minimum atomic E-state index is -0.425. The molecule has 2 aliphatic heterocycles. The number of methoxy groups -OCH3 is 2. The van der Waals surface area contributed by atoms with E-state index in [4.69, 9.17) is 9.47 Å². The molecule has 1 aliphatic carbocycles. The van der Waals surface area contributed by atoms with Gasteiger partial charge in [-0.1, -0.05) is 18.9 Å². The Morgan fingerprint density at radius 2 is 2.00 bits per heavy atom. The molecule has 1 N–H and O–H groups in total. The van der Waals surface area contributed by atoms with Crippen LogP contribution in [0.25, 0.3) is 0 Å². The van der Waals surface area contributed by atoms with Crippen LogP contribution in [0.15, 0.2) is 12.1 Å². The van der Waals surface area contributed by atoms with E-state index in [-0.39, 0.29) is 23.2 Å². The number of ether oxygens (including phenoxy) is 2. The summed E-state index contributed by atoms with van der Waals surface area (Å²) in [5.41, 5.74) is 1.43. The number of hydrogen-bond donors (Lipinski definition) is 1. The monoisotopic (exact) mass is 362 g/mol. The zero-order chi connectivity index (χ0) is 17.6. The number of hydrogen-bond acceptors (Lipinski definition) is 5. The van der Waals surface area contributed by atoms with E-state index in [9.17, 15) is 9.59 Å². The molecule has 1 saturated heterocycles. The number of rotatable bonds is 4. The van der Waals surface area contributed by atoms with Crippen molar-refractivity contribution in [3.05, 3.63) is 23.3 Å². The van der Waals surface area contributed by atoms with Crippen molar-refractivity contribution in [3.8, 4) is 11.5 Å². The summed E-state index contributed by atoms with van der Waals surface area (Å²) in [5.74, 6) is 1.44. The summed E-state index contributed by atoms with van der Waals surface area (Å²) in [6, 6.07) is 3.56. The number of fused-ring (bicyclic) bond motifs is 3. The normalized spacial score (nSPS) is 25.0. The Morgan fingerprint density at radius 1 is 1.24 bits per heavy atom. The zero-order valence-electron chi connectivity index (χ0n) is 14.4. The van der Waals surface area contributed by atoms with Gasteiger partial charge >= 0.3 is 0 Å². The highest BCUT2D eigenvalue weighted by Crippen LogP contribution is 2.52. The first-order valence-corrected chi connectivity index (χ1v) is 9.70. The van der Waals surface area contributed by atoms with E-state index in [1.54, 1.807) is 23.8 Å². The van der Waals surface area contributed by atoms with E-state index in [0.29, 0.717) is 22.8 Å². The van der Waals surface area contributed by atoms with E-state index >= 15 is 0 Å². The molecule has 0 unspecified atom stereocenters. The van der Waals surface area contributed by atoms with Gasteiger partial charge in [-0.25, -0.2) is 0 Å². The number of carbonyl (C=O) groups is 2. The average molecular weight is 362 g/mol. The molecule has 2 atom stereocenters. The highest BCUT2D eigenvalue weighted by atomic mass is 32.2. The van der Waals surface area contributed by atoms with Crippen LogP contribution in [0, 0.1) is 0 Å². The molecular weight excluding hydrogens is 340 g/mol. The molecule has 134 valence electrons. The highest BCUT2D eigenvalue weighted by Gasteiger charge is 2.50. The molecule has 1 aromatic carbocycles. The molecule has 6 nitrogen and oxygen atoms in total. The van der Waals surface area contributed by atoms with Crippen LogP contribution in [0.2, 0.25) is 0 Å². The molecule has 2 fully saturated rings. The van der Waals surface area contributed by atoms with Gasteiger partial charge in [0.05, 0.1) is 19.8 Å². The van der Waals surface area contributed by atoms with E-state index in [1.807, 2.05) is 12.1 Å². The summed E-state index contributed by atoms with van der Waals surface area (Å²) in [5, 5.41) is 3.01. The predicted molar refractivity (Wildman–Crippen MR) is 95.1 cm³/mol. The van der Waals surface area contributed by atoms with Crippen molar-refractivity contribution >= 4 is 23.6 Å². The molecule has 1 aromatic rings. The number of benzene rings is 1. The minimum Gasteiger partial charge on any atom is -0.493 e. The Kier molecular flexibility index (Phi) is 4.27. The van der Waals surface area contributed by atoms with E-state index in [1.165, 1.54) is 7.11 Å². The SMILES string of the molecule is COc1ccc2c(c1OC)C(=O)N1[C@@H]2SC[C@H]1C(=O)NC1CCCC1. The first-order chi connectivity index (χ1) is 12.2. The van der Waals surface area contributed by atoms with Crippen LogP contribution in [0.3, 0.4) is 0 Å². The topological polar surface area (TPSA) is 67.9 Å². The van der Waals surface area contributed by atoms with E-state index in [0.717, 1.165) is 31.2 Å². The van der Waals surface area contributed by atoms with Crippen LogP contribution < -0.4 is 14.8 Å². The summed E-state index contributed by atoms with van der Waals surface area (Å²) >= 11 is 1.63. The Morgan fingerprint density at radius 3 is 2.68 bits per heavy atom. The fraction of sp³-hybridized carbons (Fsp3) is 0.556. The fourth-order valence-electron chi connectivity index (χ4n) is 4.06. The van der Waals surface area contributed by atoms with E-state index < -0.39 is 6.04 Å². The molecule has 0 radical (unpaired) electrons. The summed E-state index contributed by atoms with van der Waals surface area (Å²) in [7, 11) is 3.09. The lowest BCUT2D eigenvalue weighted by molar-refractivity contribution is -0.125. The predicted octanol–water partition coefficient (Wildman–Crippen LogP) is 2.33. The smallest absolute Gasteiger partial charge is 0.260 e. The molecular formula is C18H22N2O4S. The van der Waals surface area contributed by atoms with Crippen molar-refractivity contribution in [2.75, 3.05) is 20.0 Å². The van der Waals surface area contributed by atoms with Gasteiger partial charge in [0, 0.05) is 17.4 Å². The third-order valence-electron chi connectivity index (χ3n) is 5.30. The molecule has 4 rings (SSSR count). The molecule has 0 aromatic heterocycles. The standard InChI is InChI=1S/C18H22N2O4S/c1-23-13-8-7-11-14(15(13)24-2)17(22)20-12(9-25-18(11)20)16(21)19-10-5-3-4-6-10/h7-8,10,12,18H,3-6,9H2,1-2H3,(H,19,21)/t12-,18+/m0/s1. The van der Waals surface area contributed by atoms with Crippen LogP contribution in [0.4, 0.5) is 0 Å². The molecule has 2 amide bonds. The lowest BCUT2D eigenvalue weighted by Gasteiger charge is -2.24. The number of nitrogens with one attached hydrogen (secondary N) is 1. The highest BCUT2D eigenvalue weighted by molar-refractivity contribution is 7.99. The summed E-state index contributed by atoms with van der Waals surface area (Å²) in [4.78, 5) is 27.5. The van der Waals surface area contributed by atoms with Crippen LogP contribution in [0.5, 0.6) is 11.5 Å². The Labute approximate surface area is 151 Å². The van der Waals surface area contributed by atoms with Crippen molar-refractivity contribution in [1.29, 1.82) is 0 Å². The van der Waals surface area contributed by atoms with Gasteiger partial charge in [0.15, 0.2) is 11.5 Å². The van der Waals surface area contributed by atoms with Crippen molar-refractivity contribution in [2.24, 2.45) is 0 Å². The minimum absolute atomic E-state index is 0.0333.